The normalized spacial score (nSPS) is 11.5. The van der Waals surface area contributed by atoms with Crippen LogP contribution >= 0.6 is 23.2 Å². The summed E-state index contributed by atoms with van der Waals surface area (Å²) in [5, 5.41) is 4.04. The maximum absolute atomic E-state index is 12.3. The first-order valence-corrected chi connectivity index (χ1v) is 9.64. The van der Waals surface area contributed by atoms with Gasteiger partial charge in [0.2, 0.25) is 10.0 Å². The lowest BCUT2D eigenvalue weighted by atomic mass is 10.2. The molecule has 0 aliphatic rings. The Morgan fingerprint density at radius 2 is 1.84 bits per heavy atom. The van der Waals surface area contributed by atoms with Crippen molar-refractivity contribution in [2.45, 2.75) is 0 Å². The van der Waals surface area contributed by atoms with Gasteiger partial charge in [0, 0.05) is 16.1 Å². The minimum Gasteiger partial charge on any atom is -0.451 e. The van der Waals surface area contributed by atoms with E-state index < -0.39 is 15.9 Å². The van der Waals surface area contributed by atoms with Crippen LogP contribution in [0.15, 0.2) is 46.9 Å². The quantitative estimate of drug-likeness (QED) is 0.682. The van der Waals surface area contributed by atoms with Crippen LogP contribution in [0.3, 0.4) is 0 Å². The van der Waals surface area contributed by atoms with Crippen molar-refractivity contribution in [3.8, 4) is 0 Å². The summed E-state index contributed by atoms with van der Waals surface area (Å²) >= 11 is 11.9. The van der Waals surface area contributed by atoms with Gasteiger partial charge in [0.25, 0.3) is 5.91 Å². The first-order valence-electron chi connectivity index (χ1n) is 6.99. The van der Waals surface area contributed by atoms with E-state index in [1.807, 2.05) is 0 Å². The summed E-state index contributed by atoms with van der Waals surface area (Å²) < 4.78 is 30.3. The number of sulfonamides is 1. The van der Waals surface area contributed by atoms with Gasteiger partial charge in [-0.15, -0.1) is 0 Å². The molecule has 1 amide bonds. The molecule has 3 aromatic rings. The second kappa shape index (κ2) is 6.59. The molecule has 0 spiro atoms. The third-order valence-electron chi connectivity index (χ3n) is 3.22. The molecule has 1 aromatic heterocycles. The second-order valence-electron chi connectivity index (χ2n) is 5.32. The van der Waals surface area contributed by atoms with Crippen LogP contribution in [0, 0.1) is 0 Å². The van der Waals surface area contributed by atoms with E-state index in [4.69, 9.17) is 27.6 Å². The smallest absolute Gasteiger partial charge is 0.291 e. The number of halogens is 2. The van der Waals surface area contributed by atoms with Crippen LogP contribution in [-0.2, 0) is 10.0 Å². The number of carbonyl (C=O) groups is 1. The van der Waals surface area contributed by atoms with Crippen molar-refractivity contribution in [3.63, 3.8) is 0 Å². The first kappa shape index (κ1) is 17.6. The molecule has 0 unspecified atom stereocenters. The molecule has 2 N–H and O–H groups in total. The highest BCUT2D eigenvalue weighted by Crippen LogP contribution is 2.27. The third-order valence-corrected chi connectivity index (χ3v) is 4.36. The minimum atomic E-state index is -3.44. The Labute approximate surface area is 153 Å². The Balaban J connectivity index is 1.81. The van der Waals surface area contributed by atoms with Gasteiger partial charge < -0.3 is 9.73 Å². The minimum absolute atomic E-state index is 0.117. The maximum Gasteiger partial charge on any atom is 0.291 e. The fourth-order valence-corrected chi connectivity index (χ4v) is 3.24. The average molecular weight is 399 g/mol. The van der Waals surface area contributed by atoms with Crippen molar-refractivity contribution in [2.24, 2.45) is 0 Å². The summed E-state index contributed by atoms with van der Waals surface area (Å²) in [6.45, 7) is 0. The van der Waals surface area contributed by atoms with Crippen LogP contribution in [0.4, 0.5) is 11.4 Å². The second-order valence-corrected chi connectivity index (χ2v) is 7.91. The highest BCUT2D eigenvalue weighted by molar-refractivity contribution is 7.92. The Kier molecular flexibility index (Phi) is 4.64. The zero-order valence-corrected chi connectivity index (χ0v) is 15.2. The summed E-state index contributed by atoms with van der Waals surface area (Å²) in [6.07, 6.45) is 1.02. The van der Waals surface area contributed by atoms with E-state index >= 15 is 0 Å². The van der Waals surface area contributed by atoms with Crippen molar-refractivity contribution < 1.29 is 17.6 Å². The third kappa shape index (κ3) is 4.25. The van der Waals surface area contributed by atoms with Crippen LogP contribution in [0.25, 0.3) is 11.0 Å². The monoisotopic (exact) mass is 398 g/mol. The predicted octanol–water partition coefficient (Wildman–Crippen LogP) is 4.36. The first-order chi connectivity index (χ1) is 11.7. The summed E-state index contributed by atoms with van der Waals surface area (Å²) in [4.78, 5) is 12.3. The van der Waals surface area contributed by atoms with Gasteiger partial charge in [-0.3, -0.25) is 9.52 Å². The number of hydrogen-bond acceptors (Lipinski definition) is 4. The van der Waals surface area contributed by atoms with E-state index in [1.165, 1.54) is 18.2 Å². The standard InChI is InChI=1S/C16H12Cl2N2O4S/c1-25(22,23)20-13-4-3-11(8-12(13)18)19-16(21)15-7-9-6-10(17)2-5-14(9)24-15/h2-8,20H,1H3,(H,19,21). The number of nitrogens with one attached hydrogen (secondary N) is 2. The van der Waals surface area contributed by atoms with Gasteiger partial charge in [0.05, 0.1) is 17.0 Å². The molecule has 0 aliphatic heterocycles. The van der Waals surface area contributed by atoms with Crippen molar-refractivity contribution >= 4 is 61.5 Å². The van der Waals surface area contributed by atoms with Crippen molar-refractivity contribution in [1.29, 1.82) is 0 Å². The fraction of sp³-hybridized carbons (Fsp3) is 0.0625. The number of anilines is 2. The molecular formula is C16H12Cl2N2O4S. The van der Waals surface area contributed by atoms with Crippen LogP contribution in [0.5, 0.6) is 0 Å². The van der Waals surface area contributed by atoms with Gasteiger partial charge in [-0.1, -0.05) is 23.2 Å². The zero-order valence-electron chi connectivity index (χ0n) is 12.8. The van der Waals surface area contributed by atoms with Crippen LogP contribution in [0.2, 0.25) is 10.0 Å². The van der Waals surface area contributed by atoms with Gasteiger partial charge in [0.15, 0.2) is 5.76 Å². The lowest BCUT2D eigenvalue weighted by molar-refractivity contribution is 0.0998. The van der Waals surface area contributed by atoms with E-state index in [1.54, 1.807) is 24.3 Å². The van der Waals surface area contributed by atoms with Gasteiger partial charge in [-0.05, 0) is 42.5 Å². The van der Waals surface area contributed by atoms with Crippen molar-refractivity contribution in [3.05, 3.63) is 58.3 Å². The average Bonchev–Trinajstić information content (AvgIpc) is 2.92. The number of fused-ring (bicyclic) bond motifs is 1. The maximum atomic E-state index is 12.3. The lowest BCUT2D eigenvalue weighted by Gasteiger charge is -2.09. The number of hydrogen-bond donors (Lipinski definition) is 2. The number of carbonyl (C=O) groups excluding carboxylic acids is 1. The number of benzene rings is 2. The summed E-state index contributed by atoms with van der Waals surface area (Å²) in [7, 11) is -3.44. The van der Waals surface area contributed by atoms with E-state index in [2.05, 4.69) is 10.0 Å². The zero-order chi connectivity index (χ0) is 18.2. The molecule has 130 valence electrons. The largest absolute Gasteiger partial charge is 0.451 e. The molecule has 0 fully saturated rings. The molecule has 9 heteroatoms. The van der Waals surface area contributed by atoms with Crippen LogP contribution in [-0.4, -0.2) is 20.6 Å². The molecule has 0 saturated heterocycles. The molecule has 6 nitrogen and oxygen atoms in total. The van der Waals surface area contributed by atoms with Gasteiger partial charge in [-0.2, -0.15) is 0 Å². The number of rotatable bonds is 4. The topological polar surface area (TPSA) is 88.4 Å². The Hall–Kier alpha value is -2.22. The number of furan rings is 1. The molecule has 0 bridgehead atoms. The van der Waals surface area contributed by atoms with Gasteiger partial charge in [-0.25, -0.2) is 8.42 Å². The highest BCUT2D eigenvalue weighted by atomic mass is 35.5. The van der Waals surface area contributed by atoms with Gasteiger partial charge in [0.1, 0.15) is 5.58 Å². The lowest BCUT2D eigenvalue weighted by Crippen LogP contribution is -2.12. The highest BCUT2D eigenvalue weighted by Gasteiger charge is 2.14. The molecule has 25 heavy (non-hydrogen) atoms. The Morgan fingerprint density at radius 3 is 2.52 bits per heavy atom. The Morgan fingerprint density at radius 1 is 1.08 bits per heavy atom. The van der Waals surface area contributed by atoms with E-state index in [0.29, 0.717) is 21.7 Å². The molecule has 0 atom stereocenters. The summed E-state index contributed by atoms with van der Waals surface area (Å²) in [5.41, 5.74) is 1.16. The Bertz CT molecular complexity index is 1080. The molecule has 0 aliphatic carbocycles. The van der Waals surface area contributed by atoms with Crippen LogP contribution < -0.4 is 10.0 Å². The SMILES string of the molecule is CS(=O)(=O)Nc1ccc(NC(=O)c2cc3cc(Cl)ccc3o2)cc1Cl. The number of amides is 1. The van der Waals surface area contributed by atoms with E-state index in [9.17, 15) is 13.2 Å². The van der Waals surface area contributed by atoms with E-state index in [0.717, 1.165) is 6.26 Å². The van der Waals surface area contributed by atoms with E-state index in [-0.39, 0.29) is 16.5 Å². The summed E-state index contributed by atoms with van der Waals surface area (Å²) in [6, 6.07) is 11.0. The van der Waals surface area contributed by atoms with Crippen molar-refractivity contribution in [2.75, 3.05) is 16.3 Å². The summed E-state index contributed by atoms with van der Waals surface area (Å²) in [5.74, 6) is -0.348. The fourth-order valence-electron chi connectivity index (χ4n) is 2.19. The molecule has 2 aromatic carbocycles. The molecule has 0 radical (unpaired) electrons. The van der Waals surface area contributed by atoms with Gasteiger partial charge >= 0.3 is 0 Å². The van der Waals surface area contributed by atoms with Crippen molar-refractivity contribution in [1.82, 2.24) is 0 Å². The van der Waals surface area contributed by atoms with Crippen LogP contribution in [0.1, 0.15) is 10.6 Å². The molecular weight excluding hydrogens is 387 g/mol. The predicted molar refractivity (Wildman–Crippen MR) is 99.1 cm³/mol. The molecule has 1 heterocycles. The molecule has 0 saturated carbocycles. The molecule has 3 rings (SSSR count).